The molecule has 0 heterocycles. The van der Waals surface area contributed by atoms with Gasteiger partial charge in [-0.3, -0.25) is 0 Å². The summed E-state index contributed by atoms with van der Waals surface area (Å²) in [6, 6.07) is 6.42. The predicted molar refractivity (Wildman–Crippen MR) is 121 cm³/mol. The molecule has 5 heteroatoms. The molecule has 0 unspecified atom stereocenters. The number of unbranched alkanes of at least 4 members (excludes halogenated alkanes) is 2. The minimum Gasteiger partial charge on any atom is -0.491 e. The van der Waals surface area contributed by atoms with Gasteiger partial charge in [0.2, 0.25) is 5.82 Å². The highest BCUT2D eigenvalue weighted by molar-refractivity contribution is 5.51. The molecule has 0 radical (unpaired) electrons. The zero-order valence-electron chi connectivity index (χ0n) is 18.9. The number of halogens is 4. The smallest absolute Gasteiger partial charge is 0.200 e. The molecule has 0 N–H and O–H groups in total. The average Bonchev–Trinajstić information content (AvgIpc) is 2.80. The SMILES string of the molecule is CCCCCc1ccc(/C=C/C2CCC(c3ccc(OCC)c(F)c3F)CC2)c(F)c1F. The number of ether oxygens (including phenoxy) is 1. The van der Waals surface area contributed by atoms with Crippen molar-refractivity contribution in [1.82, 2.24) is 0 Å². The molecule has 0 spiro atoms. The summed E-state index contributed by atoms with van der Waals surface area (Å²) in [4.78, 5) is 0. The van der Waals surface area contributed by atoms with Crippen molar-refractivity contribution in [3.05, 3.63) is 70.3 Å². The highest BCUT2D eigenvalue weighted by atomic mass is 19.2. The molecule has 0 aliphatic heterocycles. The lowest BCUT2D eigenvalue weighted by Crippen LogP contribution is -2.14. The van der Waals surface area contributed by atoms with Gasteiger partial charge in [0.15, 0.2) is 23.2 Å². The summed E-state index contributed by atoms with van der Waals surface area (Å²) in [7, 11) is 0. The lowest BCUT2D eigenvalue weighted by molar-refractivity contribution is 0.310. The van der Waals surface area contributed by atoms with Crippen molar-refractivity contribution in [2.45, 2.75) is 71.1 Å². The first-order chi connectivity index (χ1) is 15.5. The molecule has 1 nitrogen and oxygen atoms in total. The summed E-state index contributed by atoms with van der Waals surface area (Å²) < 4.78 is 62.6. The van der Waals surface area contributed by atoms with Crippen molar-refractivity contribution < 1.29 is 22.3 Å². The van der Waals surface area contributed by atoms with E-state index in [1.165, 1.54) is 6.07 Å². The van der Waals surface area contributed by atoms with E-state index in [-0.39, 0.29) is 29.8 Å². The summed E-state index contributed by atoms with van der Waals surface area (Å²) in [6.45, 7) is 4.08. The largest absolute Gasteiger partial charge is 0.491 e. The van der Waals surface area contributed by atoms with Crippen molar-refractivity contribution in [1.29, 1.82) is 0 Å². The molecule has 0 saturated heterocycles. The third-order valence-corrected chi connectivity index (χ3v) is 6.38. The second-order valence-corrected chi connectivity index (χ2v) is 8.58. The highest BCUT2D eigenvalue weighted by Gasteiger charge is 2.26. The standard InChI is InChI=1S/C27H32F4O/c1-3-5-6-7-20-14-15-21(25(29)24(20)28)13-10-18-8-11-19(12-9-18)22-16-17-23(32-4-2)27(31)26(22)30/h10,13-19H,3-9,11-12H2,1-2H3/b13-10+. The lowest BCUT2D eigenvalue weighted by Gasteiger charge is -2.27. The Balaban J connectivity index is 1.60. The van der Waals surface area contributed by atoms with E-state index in [4.69, 9.17) is 4.74 Å². The minimum atomic E-state index is -0.929. The fourth-order valence-corrected chi connectivity index (χ4v) is 4.48. The van der Waals surface area contributed by atoms with Gasteiger partial charge < -0.3 is 4.74 Å². The molecule has 3 rings (SSSR count). The van der Waals surface area contributed by atoms with Crippen LogP contribution in [0.4, 0.5) is 17.6 Å². The molecule has 0 aromatic heterocycles. The number of benzene rings is 2. The van der Waals surface area contributed by atoms with E-state index in [9.17, 15) is 17.6 Å². The Labute approximate surface area is 188 Å². The first-order valence-corrected chi connectivity index (χ1v) is 11.7. The van der Waals surface area contributed by atoms with Crippen LogP contribution < -0.4 is 4.74 Å². The number of allylic oxidation sites excluding steroid dienone is 1. The molecule has 174 valence electrons. The van der Waals surface area contributed by atoms with Crippen LogP contribution in [0.1, 0.15) is 81.4 Å². The minimum absolute atomic E-state index is 0.0542. The van der Waals surface area contributed by atoms with Gasteiger partial charge in [-0.1, -0.05) is 50.1 Å². The van der Waals surface area contributed by atoms with Crippen LogP contribution in [0.25, 0.3) is 6.08 Å². The normalized spacial score (nSPS) is 18.9. The van der Waals surface area contributed by atoms with E-state index in [2.05, 4.69) is 6.92 Å². The van der Waals surface area contributed by atoms with Crippen LogP contribution in [0.3, 0.4) is 0 Å². The van der Waals surface area contributed by atoms with Gasteiger partial charge in [-0.25, -0.2) is 13.2 Å². The molecule has 1 aliphatic rings. The van der Waals surface area contributed by atoms with Gasteiger partial charge in [-0.2, -0.15) is 4.39 Å². The molecule has 2 aromatic rings. The zero-order valence-corrected chi connectivity index (χ0v) is 18.9. The van der Waals surface area contributed by atoms with Crippen molar-refractivity contribution in [3.8, 4) is 5.75 Å². The second kappa shape index (κ2) is 11.5. The molecular formula is C27H32F4O. The van der Waals surface area contributed by atoms with E-state index in [1.807, 2.05) is 6.08 Å². The van der Waals surface area contributed by atoms with Crippen molar-refractivity contribution in [3.63, 3.8) is 0 Å². The molecule has 0 amide bonds. The van der Waals surface area contributed by atoms with Crippen molar-refractivity contribution in [2.75, 3.05) is 6.61 Å². The molecule has 2 aromatic carbocycles. The quantitative estimate of drug-likeness (QED) is 0.277. The monoisotopic (exact) mass is 448 g/mol. The van der Waals surface area contributed by atoms with E-state index < -0.39 is 23.3 Å². The second-order valence-electron chi connectivity index (χ2n) is 8.58. The molecular weight excluding hydrogens is 416 g/mol. The van der Waals surface area contributed by atoms with Gasteiger partial charge in [0.1, 0.15) is 0 Å². The van der Waals surface area contributed by atoms with Gasteiger partial charge >= 0.3 is 0 Å². The van der Waals surface area contributed by atoms with Crippen LogP contribution in [0.15, 0.2) is 30.3 Å². The Morgan fingerprint density at radius 3 is 2.28 bits per heavy atom. The van der Waals surface area contributed by atoms with Crippen LogP contribution >= 0.6 is 0 Å². The first-order valence-electron chi connectivity index (χ1n) is 11.7. The molecule has 1 aliphatic carbocycles. The van der Waals surface area contributed by atoms with Gasteiger partial charge in [0, 0.05) is 5.56 Å². The lowest BCUT2D eigenvalue weighted by atomic mass is 9.78. The molecule has 0 atom stereocenters. The van der Waals surface area contributed by atoms with E-state index in [0.29, 0.717) is 30.4 Å². The van der Waals surface area contributed by atoms with Gasteiger partial charge in [0.25, 0.3) is 0 Å². The Bertz CT molecular complexity index is 930. The fraction of sp³-hybridized carbons (Fsp3) is 0.481. The Morgan fingerprint density at radius 2 is 1.59 bits per heavy atom. The Kier molecular flexibility index (Phi) is 8.77. The van der Waals surface area contributed by atoms with Gasteiger partial charge in [0.05, 0.1) is 6.61 Å². The molecule has 1 fully saturated rings. The third-order valence-electron chi connectivity index (χ3n) is 6.38. The maximum absolute atomic E-state index is 14.5. The Morgan fingerprint density at radius 1 is 0.844 bits per heavy atom. The zero-order chi connectivity index (χ0) is 23.1. The van der Waals surface area contributed by atoms with Crippen LogP contribution in [0.5, 0.6) is 5.75 Å². The fourth-order valence-electron chi connectivity index (χ4n) is 4.48. The highest BCUT2D eigenvalue weighted by Crippen LogP contribution is 2.39. The number of aryl methyl sites for hydroxylation is 1. The van der Waals surface area contributed by atoms with E-state index in [0.717, 1.165) is 32.1 Å². The Hall–Kier alpha value is -2.30. The molecule has 32 heavy (non-hydrogen) atoms. The van der Waals surface area contributed by atoms with E-state index in [1.54, 1.807) is 31.2 Å². The number of hydrogen-bond acceptors (Lipinski definition) is 1. The number of hydrogen-bond donors (Lipinski definition) is 0. The number of rotatable bonds is 9. The maximum atomic E-state index is 14.5. The topological polar surface area (TPSA) is 9.23 Å². The van der Waals surface area contributed by atoms with Crippen molar-refractivity contribution in [2.24, 2.45) is 5.92 Å². The van der Waals surface area contributed by atoms with Crippen LogP contribution in [-0.2, 0) is 6.42 Å². The summed E-state index contributed by atoms with van der Waals surface area (Å²) in [5.74, 6) is -3.21. The summed E-state index contributed by atoms with van der Waals surface area (Å²) >= 11 is 0. The first kappa shape index (κ1) is 24.3. The predicted octanol–water partition coefficient (Wildman–Crippen LogP) is 8.36. The van der Waals surface area contributed by atoms with Crippen LogP contribution in [-0.4, -0.2) is 6.61 Å². The molecule has 0 bridgehead atoms. The maximum Gasteiger partial charge on any atom is 0.200 e. The van der Waals surface area contributed by atoms with Gasteiger partial charge in [-0.15, -0.1) is 0 Å². The molecule has 1 saturated carbocycles. The van der Waals surface area contributed by atoms with Crippen molar-refractivity contribution >= 4 is 6.08 Å². The average molecular weight is 449 g/mol. The summed E-state index contributed by atoms with van der Waals surface area (Å²) in [5, 5.41) is 0. The summed E-state index contributed by atoms with van der Waals surface area (Å²) in [6.07, 6.45) is 10.0. The summed E-state index contributed by atoms with van der Waals surface area (Å²) in [5.41, 5.74) is 1.07. The van der Waals surface area contributed by atoms with E-state index >= 15 is 0 Å². The third kappa shape index (κ3) is 5.73. The van der Waals surface area contributed by atoms with Crippen LogP contribution in [0.2, 0.25) is 0 Å². The van der Waals surface area contributed by atoms with Gasteiger partial charge in [-0.05, 0) is 74.5 Å². The van der Waals surface area contributed by atoms with Crippen LogP contribution in [0, 0.1) is 29.2 Å².